The van der Waals surface area contributed by atoms with Gasteiger partial charge in [-0.15, -0.1) is 69.6 Å². The summed E-state index contributed by atoms with van der Waals surface area (Å²) < 4.78 is 0. The van der Waals surface area contributed by atoms with Crippen molar-refractivity contribution < 1.29 is 23.3 Å². The molecular formula is C76H62Cl2SiZr-4. The molecule has 0 fully saturated rings. The van der Waals surface area contributed by atoms with Crippen molar-refractivity contribution in [2.45, 2.75) is 25.7 Å². The van der Waals surface area contributed by atoms with E-state index in [1.54, 1.807) is 0 Å². The molecule has 0 N–H and O–H groups in total. The van der Waals surface area contributed by atoms with Crippen molar-refractivity contribution in [3.05, 3.63) is 316 Å². The van der Waals surface area contributed by atoms with Crippen LogP contribution >= 0.6 is 24.8 Å². The molecule has 80 heavy (non-hydrogen) atoms. The molecule has 14 aromatic carbocycles. The molecule has 0 spiro atoms. The van der Waals surface area contributed by atoms with E-state index in [4.69, 9.17) is 0 Å². The van der Waals surface area contributed by atoms with E-state index in [1.165, 1.54) is 155 Å². The molecule has 0 saturated carbocycles. The number of aryl methyl sites for hydroxylation is 4. The number of hydrogen-bond donors (Lipinski definition) is 0. The maximum Gasteiger partial charge on any atom is -0.0114 e. The van der Waals surface area contributed by atoms with Crippen molar-refractivity contribution in [1.29, 1.82) is 0 Å². The summed E-state index contributed by atoms with van der Waals surface area (Å²) in [6, 6.07) is 102. The van der Waals surface area contributed by atoms with Crippen molar-refractivity contribution in [3.63, 3.8) is 0 Å². The maximum absolute atomic E-state index is 3.06. The van der Waals surface area contributed by atoms with Crippen LogP contribution in [0.5, 0.6) is 0 Å². The number of halogens is 2. The fourth-order valence-corrected chi connectivity index (χ4v) is 11.7. The third-order valence-corrected chi connectivity index (χ3v) is 15.3. The van der Waals surface area contributed by atoms with Gasteiger partial charge in [-0.3, -0.25) is 0 Å². The van der Waals surface area contributed by atoms with Gasteiger partial charge in [0.05, 0.1) is 0 Å². The molecule has 0 heterocycles. The van der Waals surface area contributed by atoms with Crippen LogP contribution in [0.4, 0.5) is 0 Å². The number of benzene rings is 12. The van der Waals surface area contributed by atoms with Crippen LogP contribution in [-0.2, 0) is 49.0 Å². The Kier molecular flexibility index (Phi) is 19.9. The topological polar surface area (TPSA) is 0 Å². The van der Waals surface area contributed by atoms with Crippen LogP contribution in [0, 0.1) is 14.9 Å². The predicted molar refractivity (Wildman–Crippen MR) is 352 cm³/mol. The Hall–Kier alpha value is -7.42. The molecule has 0 nitrogen and oxygen atoms in total. The Morgan fingerprint density at radius 1 is 0.250 bits per heavy atom. The number of hydrogen-bond acceptors (Lipinski definition) is 0. The summed E-state index contributed by atoms with van der Waals surface area (Å²) in [4.78, 5) is 0. The first-order valence-corrected chi connectivity index (χ1v) is 30.6. The average molecular weight is 1170 g/mol. The summed E-state index contributed by atoms with van der Waals surface area (Å²) >= 11 is 1.36. The monoisotopic (exact) mass is 1160 g/mol. The third kappa shape index (κ3) is 12.0. The maximum atomic E-state index is 3.06. The van der Waals surface area contributed by atoms with Crippen LogP contribution in [0.3, 0.4) is 0 Å². The van der Waals surface area contributed by atoms with Gasteiger partial charge >= 0.3 is 30.2 Å². The minimum absolute atomic E-state index is 0. The van der Waals surface area contributed by atoms with Gasteiger partial charge in [-0.25, -0.2) is 0 Å². The van der Waals surface area contributed by atoms with Gasteiger partial charge in [0.2, 0.25) is 0 Å². The molecule has 0 atom stereocenters. The Morgan fingerprint density at radius 2 is 0.500 bits per heavy atom. The minimum atomic E-state index is 0. The second kappa shape index (κ2) is 27.2. The molecule has 14 aromatic rings. The summed E-state index contributed by atoms with van der Waals surface area (Å²) in [5, 5.41) is 15.7. The van der Waals surface area contributed by atoms with Gasteiger partial charge in [-0.05, 0) is 91.0 Å². The largest absolute Gasteiger partial charge is 0.164 e. The molecule has 0 aliphatic rings. The van der Waals surface area contributed by atoms with Crippen LogP contribution in [0.2, 0.25) is 0 Å². The quantitative estimate of drug-likeness (QED) is 0.0946. The minimum Gasteiger partial charge on any atom is -0.164 e. The second-order valence-electron chi connectivity index (χ2n) is 19.8. The van der Waals surface area contributed by atoms with Crippen molar-refractivity contribution in [1.82, 2.24) is 0 Å². The zero-order valence-corrected chi connectivity index (χ0v) is 50.3. The van der Waals surface area contributed by atoms with Crippen LogP contribution < -0.4 is 0 Å². The first-order chi connectivity index (χ1) is 37.7. The van der Waals surface area contributed by atoms with Gasteiger partial charge in [0.1, 0.15) is 0 Å². The predicted octanol–water partition coefficient (Wildman–Crippen LogP) is 21.3. The van der Waals surface area contributed by atoms with Gasteiger partial charge in [-0.1, -0.05) is 288 Å². The summed E-state index contributed by atoms with van der Waals surface area (Å²) in [7, 11) is 0. The van der Waals surface area contributed by atoms with Gasteiger partial charge in [-0.2, -0.15) is 12.1 Å². The first-order valence-electron chi connectivity index (χ1n) is 26.4. The Morgan fingerprint density at radius 3 is 0.825 bits per heavy atom. The second-order valence-corrected chi connectivity index (χ2v) is 19.8. The average Bonchev–Trinajstić information content (AvgIpc) is 4.22. The summed E-state index contributed by atoms with van der Waals surface area (Å²) in [6.07, 6.45) is 4.15. The van der Waals surface area contributed by atoms with Gasteiger partial charge < -0.3 is 14.9 Å². The Balaban J connectivity index is 0.000000195. The molecular weight excluding hydrogens is 1100 g/mol. The fourth-order valence-electron chi connectivity index (χ4n) is 11.7. The molecule has 0 amide bonds. The van der Waals surface area contributed by atoms with Crippen LogP contribution in [0.25, 0.3) is 109 Å². The summed E-state index contributed by atoms with van der Waals surface area (Å²) in [5.41, 5.74) is 16.0. The standard InChI is InChI=1S/2C37H27.2CH3.2ClH.Si.Zr/c2*1-2-10-26(11-3-1)20-21-27-24-36-34(32-18-8-14-28-12-4-6-16-30(28)32)22-23-35(37(36)25-27)33-19-9-15-29-13-5-7-17-31(29)33;;;;;;/h2*1-19,22-25H,20-21H2;2*1H3;2*1H;;/q4*-1;;;;. The van der Waals surface area contributed by atoms with Crippen molar-refractivity contribution in [2.24, 2.45) is 0 Å². The summed E-state index contributed by atoms with van der Waals surface area (Å²) in [5.74, 6) is 0. The van der Waals surface area contributed by atoms with E-state index < -0.39 is 0 Å². The zero-order chi connectivity index (χ0) is 51.2. The van der Waals surface area contributed by atoms with Gasteiger partial charge in [0.25, 0.3) is 0 Å². The molecule has 392 valence electrons. The fraction of sp³-hybridized carbons (Fsp3) is 0.0526. The van der Waals surface area contributed by atoms with Gasteiger partial charge in [0.15, 0.2) is 0 Å². The van der Waals surface area contributed by atoms with Crippen molar-refractivity contribution in [2.75, 3.05) is 0 Å². The zero-order valence-electron chi connectivity index (χ0n) is 45.2. The van der Waals surface area contributed by atoms with Crippen LogP contribution in [-0.4, -0.2) is 6.88 Å². The third-order valence-electron chi connectivity index (χ3n) is 15.3. The van der Waals surface area contributed by atoms with E-state index in [1.807, 2.05) is 0 Å². The van der Waals surface area contributed by atoms with Crippen LogP contribution in [0.1, 0.15) is 22.3 Å². The normalized spacial score (nSPS) is 10.6. The SMILES string of the molecule is Cl.Cl.[CH3-].[CH3-].[Si]=[Zr].c1ccc(CCc2cc3c(-c4cccc5ccccc45)ccc(-c4cccc5ccccc45)c3[cH-]2)cc1.c1ccc(CCc2cc3c(-c4cccc5ccccc45)ccc(-c4cccc5ccccc45)c3[cH-]2)cc1. The Labute approximate surface area is 501 Å². The molecule has 0 aromatic heterocycles. The van der Waals surface area contributed by atoms with E-state index in [9.17, 15) is 0 Å². The molecule has 2 radical (unpaired) electrons. The molecule has 0 unspecified atom stereocenters. The van der Waals surface area contributed by atoms with Crippen molar-refractivity contribution >= 4 is 96.3 Å². The molecule has 0 aliphatic heterocycles. The molecule has 4 heteroatoms. The van der Waals surface area contributed by atoms with Crippen molar-refractivity contribution in [3.8, 4) is 44.5 Å². The van der Waals surface area contributed by atoms with E-state index in [0.717, 1.165) is 25.7 Å². The molecule has 14 rings (SSSR count). The molecule has 0 aliphatic carbocycles. The summed E-state index contributed by atoms with van der Waals surface area (Å²) in [6.45, 7) is 3.06. The van der Waals surface area contributed by atoms with E-state index in [-0.39, 0.29) is 39.7 Å². The first kappa shape index (κ1) is 58.7. The van der Waals surface area contributed by atoms with E-state index >= 15 is 0 Å². The number of fused-ring (bicyclic) bond motifs is 6. The molecule has 0 saturated heterocycles. The van der Waals surface area contributed by atoms with E-state index in [2.05, 4.69) is 286 Å². The van der Waals surface area contributed by atoms with E-state index in [0.29, 0.717) is 0 Å². The molecule has 0 bridgehead atoms. The van der Waals surface area contributed by atoms with Crippen LogP contribution in [0.15, 0.2) is 279 Å². The smallest absolute Gasteiger partial charge is 0.0114 e. The Bertz CT molecular complexity index is 3810. The van der Waals surface area contributed by atoms with Gasteiger partial charge in [0, 0.05) is 0 Å². The number of rotatable bonds is 10.